The third kappa shape index (κ3) is 3.93. The van der Waals surface area contributed by atoms with Gasteiger partial charge in [0.05, 0.1) is 18.1 Å². The Hall–Kier alpha value is -2.26. The van der Waals surface area contributed by atoms with Crippen molar-refractivity contribution in [3.63, 3.8) is 0 Å². The molecule has 2 saturated carbocycles. The van der Waals surface area contributed by atoms with Crippen LogP contribution in [-0.2, 0) is 19.1 Å². The van der Waals surface area contributed by atoms with E-state index < -0.39 is 32.7 Å². The third-order valence-corrected chi connectivity index (χ3v) is 12.3. The van der Waals surface area contributed by atoms with Crippen molar-refractivity contribution in [2.75, 3.05) is 7.11 Å². The number of rotatable bonds is 1. The van der Waals surface area contributed by atoms with Gasteiger partial charge in [0.1, 0.15) is 11.7 Å². The summed E-state index contributed by atoms with van der Waals surface area (Å²) in [5.41, 5.74) is -4.34. The SMILES string of the molecule is COC(=O)[C@@]1(C)CCC(C)(C)CC[C@@]2(O)C(=O)C=C3[C@@]4(C)C=C(C#N)C(=O)C(C)(C)[C@@H]4CC[C@@]3(C)[C@]2(C)CC1. The minimum Gasteiger partial charge on any atom is -0.469 e. The molecule has 39 heavy (non-hydrogen) atoms. The predicted octanol–water partition coefficient (Wildman–Crippen LogP) is 6.27. The molecular weight excluding hydrogens is 490 g/mol. The van der Waals surface area contributed by atoms with E-state index in [1.807, 2.05) is 27.7 Å². The molecule has 0 aromatic heterocycles. The number of ether oxygens (including phenoxy) is 1. The molecule has 6 atom stereocenters. The maximum atomic E-state index is 14.2. The van der Waals surface area contributed by atoms with E-state index in [4.69, 9.17) is 4.74 Å². The molecule has 4 aliphatic carbocycles. The van der Waals surface area contributed by atoms with Crippen LogP contribution < -0.4 is 0 Å². The largest absolute Gasteiger partial charge is 0.469 e. The Morgan fingerprint density at radius 3 is 2.13 bits per heavy atom. The molecular formula is C33H47NO5. The van der Waals surface area contributed by atoms with Crippen molar-refractivity contribution in [1.82, 2.24) is 0 Å². The van der Waals surface area contributed by atoms with Crippen molar-refractivity contribution < 1.29 is 24.2 Å². The number of fused-ring (bicyclic) bond motifs is 5. The second-order valence-corrected chi connectivity index (χ2v) is 15.3. The smallest absolute Gasteiger partial charge is 0.311 e. The zero-order valence-corrected chi connectivity index (χ0v) is 25.4. The van der Waals surface area contributed by atoms with Crippen molar-refractivity contribution in [2.45, 2.75) is 112 Å². The van der Waals surface area contributed by atoms with E-state index >= 15 is 0 Å². The number of allylic oxidation sites excluding steroid dienone is 3. The Morgan fingerprint density at radius 1 is 0.949 bits per heavy atom. The van der Waals surface area contributed by atoms with Gasteiger partial charge in [-0.05, 0) is 86.7 Å². The molecule has 0 saturated heterocycles. The summed E-state index contributed by atoms with van der Waals surface area (Å²) in [5.74, 6) is -0.761. The van der Waals surface area contributed by atoms with Crippen molar-refractivity contribution in [3.05, 3.63) is 23.3 Å². The highest BCUT2D eigenvalue weighted by Crippen LogP contribution is 2.71. The molecule has 6 nitrogen and oxygen atoms in total. The van der Waals surface area contributed by atoms with Crippen LogP contribution in [-0.4, -0.2) is 35.4 Å². The molecule has 0 aromatic carbocycles. The molecule has 0 spiro atoms. The number of hydrogen-bond donors (Lipinski definition) is 1. The van der Waals surface area contributed by atoms with Gasteiger partial charge < -0.3 is 9.84 Å². The standard InChI is InChI=1S/C33H47NO5/c1-27(2)12-14-29(5,26(37)39-9)15-16-32(8)31(7)11-10-22-28(3,4)25(36)21(20-34)19-30(22,6)23(31)18-24(35)33(32,38)17-13-27/h18-19,22,38H,10-17H2,1-9H3/t22-,29-,30-,31+,32-,33+/m0/s1. The maximum Gasteiger partial charge on any atom is 0.311 e. The third-order valence-electron chi connectivity index (χ3n) is 12.3. The Labute approximate surface area is 234 Å². The number of ketones is 2. The molecule has 6 heteroatoms. The zero-order chi connectivity index (χ0) is 29.4. The first-order valence-corrected chi connectivity index (χ1v) is 14.5. The van der Waals surface area contributed by atoms with E-state index in [0.29, 0.717) is 38.5 Å². The monoisotopic (exact) mass is 537 g/mol. The summed E-state index contributed by atoms with van der Waals surface area (Å²) in [4.78, 5) is 40.6. The van der Waals surface area contributed by atoms with Gasteiger partial charge in [-0.15, -0.1) is 0 Å². The Balaban J connectivity index is 1.95. The summed E-state index contributed by atoms with van der Waals surface area (Å²) in [5, 5.41) is 22.4. The summed E-state index contributed by atoms with van der Waals surface area (Å²) >= 11 is 0. The average Bonchev–Trinajstić information content (AvgIpc) is 2.87. The highest BCUT2D eigenvalue weighted by molar-refractivity contribution is 6.05. The van der Waals surface area contributed by atoms with Crippen LogP contribution in [0.4, 0.5) is 0 Å². The molecule has 0 unspecified atom stereocenters. The van der Waals surface area contributed by atoms with E-state index in [2.05, 4.69) is 33.8 Å². The molecule has 0 aliphatic heterocycles. The molecule has 214 valence electrons. The number of methoxy groups -OCH3 is 1. The van der Waals surface area contributed by atoms with Gasteiger partial charge in [-0.2, -0.15) is 5.26 Å². The number of esters is 1. The van der Waals surface area contributed by atoms with Gasteiger partial charge in [-0.1, -0.05) is 54.5 Å². The number of Topliss-reactive ketones (excluding diaryl/α,β-unsaturated/α-hetero) is 1. The minimum atomic E-state index is -1.60. The van der Waals surface area contributed by atoms with Crippen LogP contribution in [0.25, 0.3) is 0 Å². The molecule has 1 N–H and O–H groups in total. The fourth-order valence-corrected chi connectivity index (χ4v) is 9.00. The van der Waals surface area contributed by atoms with E-state index in [1.165, 1.54) is 7.11 Å². The van der Waals surface area contributed by atoms with Gasteiger partial charge in [0.25, 0.3) is 0 Å². The quantitative estimate of drug-likeness (QED) is 0.395. The minimum absolute atomic E-state index is 0.0738. The van der Waals surface area contributed by atoms with Crippen LogP contribution in [0, 0.1) is 49.7 Å². The van der Waals surface area contributed by atoms with Gasteiger partial charge in [0, 0.05) is 16.2 Å². The Kier molecular flexibility index (Phi) is 6.76. The van der Waals surface area contributed by atoms with Crippen LogP contribution in [0.2, 0.25) is 0 Å². The van der Waals surface area contributed by atoms with Gasteiger partial charge in [0.2, 0.25) is 0 Å². The van der Waals surface area contributed by atoms with Gasteiger partial charge in [0.15, 0.2) is 11.6 Å². The van der Waals surface area contributed by atoms with Crippen molar-refractivity contribution in [3.8, 4) is 6.07 Å². The molecule has 4 aliphatic rings. The topological polar surface area (TPSA) is 104 Å². The van der Waals surface area contributed by atoms with Crippen LogP contribution >= 0.6 is 0 Å². The molecule has 0 heterocycles. The van der Waals surface area contributed by atoms with Gasteiger partial charge >= 0.3 is 5.97 Å². The number of nitriles is 1. The summed E-state index contributed by atoms with van der Waals surface area (Å²) in [6.07, 6.45) is 8.37. The average molecular weight is 538 g/mol. The van der Waals surface area contributed by atoms with E-state index in [1.54, 1.807) is 12.2 Å². The number of carbonyl (C=O) groups excluding carboxylic acids is 3. The predicted molar refractivity (Wildman–Crippen MR) is 149 cm³/mol. The van der Waals surface area contributed by atoms with Gasteiger partial charge in [-0.25, -0.2) is 0 Å². The molecule has 0 bridgehead atoms. The lowest BCUT2D eigenvalue weighted by molar-refractivity contribution is -0.185. The summed E-state index contributed by atoms with van der Waals surface area (Å²) < 4.78 is 5.27. The molecule has 0 aromatic rings. The van der Waals surface area contributed by atoms with Crippen LogP contribution in [0.15, 0.2) is 23.3 Å². The summed E-state index contributed by atoms with van der Waals surface area (Å²) in [7, 11) is 1.43. The highest BCUT2D eigenvalue weighted by Gasteiger charge is 2.69. The fourth-order valence-electron chi connectivity index (χ4n) is 9.00. The first kappa shape index (κ1) is 29.7. The Bertz CT molecular complexity index is 1220. The molecule has 2 fully saturated rings. The van der Waals surface area contributed by atoms with Crippen molar-refractivity contribution in [2.24, 2.45) is 38.4 Å². The van der Waals surface area contributed by atoms with E-state index in [-0.39, 0.29) is 34.4 Å². The van der Waals surface area contributed by atoms with E-state index in [0.717, 1.165) is 18.4 Å². The van der Waals surface area contributed by atoms with Crippen LogP contribution in [0.5, 0.6) is 0 Å². The molecule has 0 radical (unpaired) electrons. The lowest BCUT2D eigenvalue weighted by atomic mass is 9.37. The lowest BCUT2D eigenvalue weighted by Crippen LogP contribution is -2.67. The normalized spacial score (nSPS) is 43.5. The molecule has 4 rings (SSSR count). The molecule has 0 amide bonds. The zero-order valence-electron chi connectivity index (χ0n) is 25.4. The first-order valence-electron chi connectivity index (χ1n) is 14.5. The van der Waals surface area contributed by atoms with E-state index in [9.17, 15) is 24.8 Å². The van der Waals surface area contributed by atoms with Crippen LogP contribution in [0.3, 0.4) is 0 Å². The van der Waals surface area contributed by atoms with Crippen molar-refractivity contribution >= 4 is 17.5 Å². The highest BCUT2D eigenvalue weighted by atomic mass is 16.5. The fraction of sp³-hybridized carbons (Fsp3) is 0.758. The lowest BCUT2D eigenvalue weighted by Gasteiger charge is -2.66. The maximum absolute atomic E-state index is 14.2. The van der Waals surface area contributed by atoms with Gasteiger partial charge in [-0.3, -0.25) is 14.4 Å². The number of carbonyl (C=O) groups is 3. The summed E-state index contributed by atoms with van der Waals surface area (Å²) in [6, 6.07) is 2.13. The number of hydrogen-bond acceptors (Lipinski definition) is 6. The van der Waals surface area contributed by atoms with Crippen LogP contribution in [0.1, 0.15) is 107 Å². The number of nitrogens with zero attached hydrogens (tertiary/aromatic N) is 1. The Morgan fingerprint density at radius 2 is 1.54 bits per heavy atom. The second-order valence-electron chi connectivity index (χ2n) is 15.3. The summed E-state index contributed by atoms with van der Waals surface area (Å²) in [6.45, 7) is 16.3. The van der Waals surface area contributed by atoms with Crippen molar-refractivity contribution in [1.29, 1.82) is 5.26 Å². The number of aliphatic hydroxyl groups is 1. The first-order chi connectivity index (χ1) is 17.8. The second kappa shape index (κ2) is 8.87.